The maximum absolute atomic E-state index is 4.68. The summed E-state index contributed by atoms with van der Waals surface area (Å²) in [7, 11) is 0. The lowest BCUT2D eigenvalue weighted by atomic mass is 9.89. The molecule has 0 aliphatic heterocycles. The third-order valence-corrected chi connectivity index (χ3v) is 3.23. The van der Waals surface area contributed by atoms with Gasteiger partial charge in [0, 0.05) is 11.1 Å². The topological polar surface area (TPSA) is 28.7 Å². The van der Waals surface area contributed by atoms with Gasteiger partial charge in [-0.3, -0.25) is 0 Å². The SMILES string of the molecule is CCC(C)(C)c1nc2c([nH]1)CCC2. The molecule has 1 aromatic rings. The Kier molecular flexibility index (Phi) is 1.94. The number of nitrogens with zero attached hydrogens (tertiary/aromatic N) is 1. The van der Waals surface area contributed by atoms with E-state index in [1.807, 2.05) is 0 Å². The highest BCUT2D eigenvalue weighted by molar-refractivity contribution is 5.22. The van der Waals surface area contributed by atoms with Crippen molar-refractivity contribution in [3.8, 4) is 0 Å². The number of rotatable bonds is 2. The third kappa shape index (κ3) is 1.38. The number of nitrogens with one attached hydrogen (secondary N) is 1. The minimum Gasteiger partial charge on any atom is -0.345 e. The summed E-state index contributed by atoms with van der Waals surface area (Å²) in [5.41, 5.74) is 2.91. The van der Waals surface area contributed by atoms with Crippen LogP contribution in [0.3, 0.4) is 0 Å². The number of hydrogen-bond acceptors (Lipinski definition) is 1. The van der Waals surface area contributed by atoms with Crippen molar-refractivity contribution in [1.29, 1.82) is 0 Å². The van der Waals surface area contributed by atoms with Crippen LogP contribution in [-0.2, 0) is 18.3 Å². The highest BCUT2D eigenvalue weighted by Gasteiger charge is 2.25. The fourth-order valence-corrected chi connectivity index (χ4v) is 1.78. The first-order valence-corrected chi connectivity index (χ1v) is 5.21. The Hall–Kier alpha value is -0.790. The first kappa shape index (κ1) is 8.79. The Labute approximate surface area is 79.8 Å². The van der Waals surface area contributed by atoms with Crippen LogP contribution in [0.25, 0.3) is 0 Å². The van der Waals surface area contributed by atoms with Crippen molar-refractivity contribution in [2.75, 3.05) is 0 Å². The van der Waals surface area contributed by atoms with E-state index in [0.29, 0.717) is 0 Å². The molecular formula is C11H18N2. The van der Waals surface area contributed by atoms with Crippen LogP contribution in [0.2, 0.25) is 0 Å². The van der Waals surface area contributed by atoms with Crippen molar-refractivity contribution in [3.63, 3.8) is 0 Å². The van der Waals surface area contributed by atoms with E-state index in [1.54, 1.807) is 0 Å². The summed E-state index contributed by atoms with van der Waals surface area (Å²) in [4.78, 5) is 8.15. The maximum atomic E-state index is 4.68. The fourth-order valence-electron chi connectivity index (χ4n) is 1.78. The van der Waals surface area contributed by atoms with Crippen LogP contribution in [0, 0.1) is 0 Å². The normalized spacial score (nSPS) is 16.2. The minimum absolute atomic E-state index is 0.213. The van der Waals surface area contributed by atoms with Crippen molar-refractivity contribution in [1.82, 2.24) is 9.97 Å². The fraction of sp³-hybridized carbons (Fsp3) is 0.727. The molecule has 1 aliphatic rings. The van der Waals surface area contributed by atoms with Crippen molar-refractivity contribution in [2.24, 2.45) is 0 Å². The Bertz CT molecular complexity index is 288. The second-order valence-corrected chi connectivity index (χ2v) is 4.60. The van der Waals surface area contributed by atoms with Crippen LogP contribution in [0.5, 0.6) is 0 Å². The molecule has 2 rings (SSSR count). The average molecular weight is 178 g/mol. The molecule has 0 unspecified atom stereocenters. The van der Waals surface area contributed by atoms with Crippen molar-refractivity contribution in [3.05, 3.63) is 17.2 Å². The van der Waals surface area contributed by atoms with Gasteiger partial charge in [0.2, 0.25) is 0 Å². The lowest BCUT2D eigenvalue weighted by Crippen LogP contribution is -2.17. The minimum atomic E-state index is 0.213. The summed E-state index contributed by atoms with van der Waals surface area (Å²) < 4.78 is 0. The van der Waals surface area contributed by atoms with Crippen molar-refractivity contribution in [2.45, 2.75) is 51.9 Å². The predicted molar refractivity (Wildman–Crippen MR) is 53.9 cm³/mol. The average Bonchev–Trinajstić information content (AvgIpc) is 2.61. The lowest BCUT2D eigenvalue weighted by molar-refractivity contribution is 0.475. The van der Waals surface area contributed by atoms with Crippen molar-refractivity contribution < 1.29 is 0 Å². The molecule has 0 bridgehead atoms. The Balaban J connectivity index is 2.33. The summed E-state index contributed by atoms with van der Waals surface area (Å²) in [6.45, 7) is 6.72. The second kappa shape index (κ2) is 2.86. The van der Waals surface area contributed by atoms with E-state index in [2.05, 4.69) is 30.7 Å². The molecule has 1 aliphatic carbocycles. The van der Waals surface area contributed by atoms with Gasteiger partial charge in [0.05, 0.1) is 5.69 Å². The van der Waals surface area contributed by atoms with Crippen LogP contribution in [0.15, 0.2) is 0 Å². The molecule has 13 heavy (non-hydrogen) atoms. The predicted octanol–water partition coefficient (Wildman–Crippen LogP) is 2.59. The Morgan fingerprint density at radius 3 is 2.77 bits per heavy atom. The first-order chi connectivity index (χ1) is 6.13. The smallest absolute Gasteiger partial charge is 0.112 e. The molecule has 0 saturated carbocycles. The first-order valence-electron chi connectivity index (χ1n) is 5.21. The molecule has 1 N–H and O–H groups in total. The van der Waals surface area contributed by atoms with E-state index in [0.717, 1.165) is 6.42 Å². The van der Waals surface area contributed by atoms with E-state index in [9.17, 15) is 0 Å². The van der Waals surface area contributed by atoms with Crippen LogP contribution in [0.4, 0.5) is 0 Å². The largest absolute Gasteiger partial charge is 0.345 e. The van der Waals surface area contributed by atoms with Gasteiger partial charge in [0.1, 0.15) is 5.82 Å². The van der Waals surface area contributed by atoms with E-state index in [-0.39, 0.29) is 5.41 Å². The zero-order valence-corrected chi connectivity index (χ0v) is 8.78. The third-order valence-electron chi connectivity index (χ3n) is 3.23. The van der Waals surface area contributed by atoms with Crippen LogP contribution in [0.1, 0.15) is 50.8 Å². The molecule has 0 atom stereocenters. The quantitative estimate of drug-likeness (QED) is 0.741. The molecule has 1 heterocycles. The molecule has 0 amide bonds. The van der Waals surface area contributed by atoms with Gasteiger partial charge in [-0.05, 0) is 25.7 Å². The molecule has 2 heteroatoms. The highest BCUT2D eigenvalue weighted by atomic mass is 15.0. The number of aromatic amines is 1. The molecule has 0 spiro atoms. The Morgan fingerprint density at radius 2 is 2.15 bits per heavy atom. The van der Waals surface area contributed by atoms with Gasteiger partial charge in [0.25, 0.3) is 0 Å². The molecule has 0 radical (unpaired) electrons. The molecule has 0 fully saturated rings. The number of aryl methyl sites for hydroxylation is 2. The zero-order chi connectivity index (χ0) is 9.47. The molecule has 2 nitrogen and oxygen atoms in total. The van der Waals surface area contributed by atoms with E-state index >= 15 is 0 Å². The van der Waals surface area contributed by atoms with Crippen LogP contribution in [-0.4, -0.2) is 9.97 Å². The summed E-state index contributed by atoms with van der Waals surface area (Å²) in [6.07, 6.45) is 4.79. The summed E-state index contributed by atoms with van der Waals surface area (Å²) in [6, 6.07) is 0. The molecule has 0 aromatic carbocycles. The van der Waals surface area contributed by atoms with Crippen LogP contribution < -0.4 is 0 Å². The van der Waals surface area contributed by atoms with Gasteiger partial charge in [-0.15, -0.1) is 0 Å². The number of hydrogen-bond donors (Lipinski definition) is 1. The summed E-state index contributed by atoms with van der Waals surface area (Å²) in [5.74, 6) is 1.18. The zero-order valence-electron chi connectivity index (χ0n) is 8.78. The van der Waals surface area contributed by atoms with E-state index < -0.39 is 0 Å². The van der Waals surface area contributed by atoms with Crippen molar-refractivity contribution >= 4 is 0 Å². The second-order valence-electron chi connectivity index (χ2n) is 4.60. The summed E-state index contributed by atoms with van der Waals surface area (Å²) >= 11 is 0. The lowest BCUT2D eigenvalue weighted by Gasteiger charge is -2.19. The van der Waals surface area contributed by atoms with E-state index in [1.165, 1.54) is 36.5 Å². The van der Waals surface area contributed by atoms with E-state index in [4.69, 9.17) is 0 Å². The Morgan fingerprint density at radius 1 is 1.38 bits per heavy atom. The number of H-pyrrole nitrogens is 1. The van der Waals surface area contributed by atoms with Crippen LogP contribution >= 0.6 is 0 Å². The number of aromatic nitrogens is 2. The van der Waals surface area contributed by atoms with Gasteiger partial charge < -0.3 is 4.98 Å². The van der Waals surface area contributed by atoms with Gasteiger partial charge in [0.15, 0.2) is 0 Å². The molecule has 0 saturated heterocycles. The molecular weight excluding hydrogens is 160 g/mol. The monoisotopic (exact) mass is 178 g/mol. The maximum Gasteiger partial charge on any atom is 0.112 e. The molecule has 1 aromatic heterocycles. The van der Waals surface area contributed by atoms with Gasteiger partial charge in [-0.25, -0.2) is 4.98 Å². The van der Waals surface area contributed by atoms with Gasteiger partial charge in [-0.1, -0.05) is 20.8 Å². The summed E-state index contributed by atoms with van der Waals surface area (Å²) in [5, 5.41) is 0. The van der Waals surface area contributed by atoms with Gasteiger partial charge in [-0.2, -0.15) is 0 Å². The highest BCUT2D eigenvalue weighted by Crippen LogP contribution is 2.28. The van der Waals surface area contributed by atoms with Gasteiger partial charge >= 0.3 is 0 Å². The number of imidazole rings is 1. The number of fused-ring (bicyclic) bond motifs is 1. The molecule has 72 valence electrons. The standard InChI is InChI=1S/C11H18N2/c1-4-11(2,3)10-12-8-6-5-7-9(8)13-10/h4-7H2,1-3H3,(H,12,13).